The summed E-state index contributed by atoms with van der Waals surface area (Å²) in [5, 5.41) is 10.6. The molecule has 0 aliphatic carbocycles. The summed E-state index contributed by atoms with van der Waals surface area (Å²) in [6, 6.07) is 0. The lowest BCUT2D eigenvalue weighted by Crippen LogP contribution is -2.30. The van der Waals surface area contributed by atoms with Crippen LogP contribution in [0.1, 0.15) is 363 Å². The van der Waals surface area contributed by atoms with Crippen molar-refractivity contribution in [3.05, 3.63) is 0 Å². The maximum absolute atomic E-state index is 13.0. The number of carbonyl (C=O) groups is 4. The standard InChI is InChI=1S/C71H138O17P2/c1-7-9-11-13-15-16-30-37-43-49-55-70(75)87-66(59-81-68(73)53-47-41-33-14-12-10-8-2)61-85-89(77,78)83-57-65(72)58-84-90(79,80)86-62-67(60-82-69(74)54-48-42-36-32-27-29-35-40-46-52-64(5)6)88-71(76)56-50-44-38-31-26-24-22-20-18-17-19-21-23-25-28-34-39-45-51-63(3)4/h63-67,72H,7-62H2,1-6H3,(H,77,78)(H,79,80)/t65-,66+,67+/m0/s1. The maximum atomic E-state index is 13.0. The molecule has 0 aliphatic heterocycles. The van der Waals surface area contributed by atoms with Crippen LogP contribution < -0.4 is 0 Å². The van der Waals surface area contributed by atoms with Gasteiger partial charge in [-0.05, 0) is 37.5 Å². The normalized spacial score (nSPS) is 14.1. The first-order valence-corrected chi connectivity index (χ1v) is 40.0. The SMILES string of the molecule is CCCCCCCCCCCCC(=O)O[C@H](COC(=O)CCCCCCCCC)COP(=O)(O)OC[C@H](O)COP(=O)(O)OC[C@@H](COC(=O)CCCCCCCCCCCC(C)C)OC(=O)CCCCCCCCCCCCCCCCCCCCC(C)C. The van der Waals surface area contributed by atoms with Gasteiger partial charge in [0.05, 0.1) is 26.4 Å². The van der Waals surface area contributed by atoms with E-state index in [9.17, 15) is 43.2 Å². The average molecular weight is 1330 g/mol. The molecule has 5 atom stereocenters. The minimum atomic E-state index is -4.95. The van der Waals surface area contributed by atoms with Crippen LogP contribution in [0.3, 0.4) is 0 Å². The Balaban J connectivity index is 5.14. The second-order valence-corrected chi connectivity index (χ2v) is 29.5. The second kappa shape index (κ2) is 63.1. The number of phosphoric acid groups is 2. The van der Waals surface area contributed by atoms with Crippen LogP contribution in [-0.2, 0) is 65.4 Å². The number of esters is 4. The van der Waals surface area contributed by atoms with Crippen LogP contribution in [0.25, 0.3) is 0 Å². The largest absolute Gasteiger partial charge is 0.472 e. The highest BCUT2D eigenvalue weighted by atomic mass is 31.2. The number of hydrogen-bond donors (Lipinski definition) is 3. The van der Waals surface area contributed by atoms with E-state index in [0.717, 1.165) is 115 Å². The highest BCUT2D eigenvalue weighted by molar-refractivity contribution is 7.47. The maximum Gasteiger partial charge on any atom is 0.472 e. The van der Waals surface area contributed by atoms with Gasteiger partial charge in [-0.1, -0.05) is 311 Å². The van der Waals surface area contributed by atoms with E-state index in [1.807, 2.05) is 0 Å². The van der Waals surface area contributed by atoms with E-state index in [1.54, 1.807) is 0 Å². The predicted molar refractivity (Wildman–Crippen MR) is 363 cm³/mol. The molecule has 0 heterocycles. The Morgan fingerprint density at radius 3 is 0.756 bits per heavy atom. The van der Waals surface area contributed by atoms with Crippen LogP contribution in [0, 0.1) is 11.8 Å². The van der Waals surface area contributed by atoms with Crippen molar-refractivity contribution in [1.82, 2.24) is 0 Å². The summed E-state index contributed by atoms with van der Waals surface area (Å²) in [6.45, 7) is 9.52. The zero-order valence-corrected chi connectivity index (χ0v) is 60.2. The van der Waals surface area contributed by atoms with Crippen LogP contribution in [0.15, 0.2) is 0 Å². The Morgan fingerprint density at radius 2 is 0.511 bits per heavy atom. The summed E-state index contributed by atoms with van der Waals surface area (Å²) in [5.74, 6) is -0.565. The number of rotatable bonds is 70. The van der Waals surface area contributed by atoms with E-state index in [0.29, 0.717) is 25.7 Å². The third-order valence-electron chi connectivity index (χ3n) is 16.5. The van der Waals surface area contributed by atoms with Crippen molar-refractivity contribution in [3.8, 4) is 0 Å². The van der Waals surface area contributed by atoms with Gasteiger partial charge in [-0.25, -0.2) is 9.13 Å². The number of carbonyl (C=O) groups excluding carboxylic acids is 4. The molecule has 0 aromatic heterocycles. The summed E-state index contributed by atoms with van der Waals surface area (Å²) in [4.78, 5) is 72.4. The first-order valence-electron chi connectivity index (χ1n) is 37.0. The second-order valence-electron chi connectivity index (χ2n) is 26.6. The molecule has 0 spiro atoms. The predicted octanol–water partition coefficient (Wildman–Crippen LogP) is 20.4. The number of ether oxygens (including phenoxy) is 4. The summed E-state index contributed by atoms with van der Waals surface area (Å²) < 4.78 is 68.1. The van der Waals surface area contributed by atoms with Crippen LogP contribution in [0.2, 0.25) is 0 Å². The van der Waals surface area contributed by atoms with Crippen molar-refractivity contribution in [2.75, 3.05) is 39.6 Å². The Labute approximate surface area is 549 Å². The van der Waals surface area contributed by atoms with E-state index in [-0.39, 0.29) is 25.7 Å². The van der Waals surface area contributed by atoms with Crippen molar-refractivity contribution in [3.63, 3.8) is 0 Å². The third kappa shape index (κ3) is 64.8. The van der Waals surface area contributed by atoms with Crippen molar-refractivity contribution in [1.29, 1.82) is 0 Å². The first kappa shape index (κ1) is 88.1. The molecular weight excluding hydrogens is 1190 g/mol. The summed E-state index contributed by atoms with van der Waals surface area (Å²) in [7, 11) is -9.89. The number of unbranched alkanes of at least 4 members (excludes halogenated alkanes) is 40. The van der Waals surface area contributed by atoms with Crippen LogP contribution in [0.4, 0.5) is 0 Å². The number of aliphatic hydroxyl groups is 1. The summed E-state index contributed by atoms with van der Waals surface area (Å²) in [6.07, 6.45) is 48.8. The third-order valence-corrected chi connectivity index (χ3v) is 18.4. The summed E-state index contributed by atoms with van der Waals surface area (Å²) in [5.41, 5.74) is 0. The fourth-order valence-electron chi connectivity index (χ4n) is 10.8. The molecule has 534 valence electrons. The van der Waals surface area contributed by atoms with Gasteiger partial charge in [0, 0.05) is 25.7 Å². The number of aliphatic hydroxyl groups excluding tert-OH is 1. The number of phosphoric ester groups is 2. The van der Waals surface area contributed by atoms with Gasteiger partial charge in [0.1, 0.15) is 19.3 Å². The van der Waals surface area contributed by atoms with Crippen LogP contribution in [0.5, 0.6) is 0 Å². The van der Waals surface area contributed by atoms with E-state index < -0.39 is 97.5 Å². The molecule has 90 heavy (non-hydrogen) atoms. The molecule has 0 saturated heterocycles. The van der Waals surface area contributed by atoms with E-state index >= 15 is 0 Å². The van der Waals surface area contributed by atoms with E-state index in [4.69, 9.17) is 37.0 Å². The zero-order chi connectivity index (χ0) is 66.5. The molecular formula is C71H138O17P2. The fraction of sp³-hybridized carbons (Fsp3) is 0.944. The molecule has 0 aromatic carbocycles. The lowest BCUT2D eigenvalue weighted by Gasteiger charge is -2.21. The van der Waals surface area contributed by atoms with Gasteiger partial charge >= 0.3 is 39.5 Å². The minimum Gasteiger partial charge on any atom is -0.462 e. The average Bonchev–Trinajstić information content (AvgIpc) is 3.16. The highest BCUT2D eigenvalue weighted by Gasteiger charge is 2.30. The molecule has 0 aliphatic rings. The van der Waals surface area contributed by atoms with Crippen molar-refractivity contribution >= 4 is 39.5 Å². The van der Waals surface area contributed by atoms with Gasteiger partial charge in [-0.15, -0.1) is 0 Å². The quantitative estimate of drug-likeness (QED) is 0.0222. The topological polar surface area (TPSA) is 237 Å². The molecule has 0 aromatic rings. The molecule has 2 unspecified atom stereocenters. The Bertz CT molecular complexity index is 1750. The van der Waals surface area contributed by atoms with Gasteiger partial charge in [-0.2, -0.15) is 0 Å². The van der Waals surface area contributed by atoms with Gasteiger partial charge in [0.15, 0.2) is 12.2 Å². The van der Waals surface area contributed by atoms with Gasteiger partial charge < -0.3 is 33.8 Å². The monoisotopic (exact) mass is 1320 g/mol. The highest BCUT2D eigenvalue weighted by Crippen LogP contribution is 2.45. The van der Waals surface area contributed by atoms with Crippen molar-refractivity contribution in [2.45, 2.75) is 381 Å². The molecule has 0 radical (unpaired) electrons. The Morgan fingerprint density at radius 1 is 0.300 bits per heavy atom. The van der Waals surface area contributed by atoms with Crippen molar-refractivity contribution < 1.29 is 80.2 Å². The van der Waals surface area contributed by atoms with Crippen molar-refractivity contribution in [2.24, 2.45) is 11.8 Å². The molecule has 17 nitrogen and oxygen atoms in total. The molecule has 0 rings (SSSR count). The fourth-order valence-corrected chi connectivity index (χ4v) is 12.3. The molecule has 0 saturated carbocycles. The Kier molecular flexibility index (Phi) is 61.8. The smallest absolute Gasteiger partial charge is 0.462 e. The lowest BCUT2D eigenvalue weighted by molar-refractivity contribution is -0.161. The Hall–Kier alpha value is -1.94. The van der Waals surface area contributed by atoms with Gasteiger partial charge in [0.2, 0.25) is 0 Å². The molecule has 0 amide bonds. The molecule has 3 N–H and O–H groups in total. The van der Waals surface area contributed by atoms with E-state index in [2.05, 4.69) is 41.5 Å². The van der Waals surface area contributed by atoms with Gasteiger partial charge in [-0.3, -0.25) is 37.3 Å². The lowest BCUT2D eigenvalue weighted by atomic mass is 10.0. The number of hydrogen-bond acceptors (Lipinski definition) is 15. The first-order chi connectivity index (χ1) is 43.4. The molecule has 0 fully saturated rings. The van der Waals surface area contributed by atoms with Crippen LogP contribution in [-0.4, -0.2) is 96.7 Å². The van der Waals surface area contributed by atoms with E-state index in [1.165, 1.54) is 167 Å². The van der Waals surface area contributed by atoms with Crippen LogP contribution >= 0.6 is 15.6 Å². The van der Waals surface area contributed by atoms with Gasteiger partial charge in [0.25, 0.3) is 0 Å². The zero-order valence-electron chi connectivity index (χ0n) is 58.4. The molecule has 19 heteroatoms. The summed E-state index contributed by atoms with van der Waals surface area (Å²) >= 11 is 0. The molecule has 0 bridgehead atoms. The minimum absolute atomic E-state index is 0.106.